The van der Waals surface area contributed by atoms with Crippen LogP contribution in [-0.2, 0) is 14.2 Å². The molecule has 11 nitrogen and oxygen atoms in total. The lowest BCUT2D eigenvalue weighted by Gasteiger charge is -2.45. The Bertz CT molecular complexity index is 627. The summed E-state index contributed by atoms with van der Waals surface area (Å²) in [6.45, 7) is -1.28. The highest BCUT2D eigenvalue weighted by molar-refractivity contribution is 5.21. The van der Waals surface area contributed by atoms with Gasteiger partial charge in [0.05, 0.1) is 13.2 Å². The van der Waals surface area contributed by atoms with Gasteiger partial charge in [-0.15, -0.1) is 0 Å². The third-order valence-electron chi connectivity index (χ3n) is 4.96. The minimum Gasteiger partial charge on any atom is -0.462 e. The molecule has 2 fully saturated rings. The minimum atomic E-state index is -1.71. The standard InChI is InChI=1S/C18H26O11/c19-6-9-11(21)12(22)14(24)18(27-9)29-16-10(7-20)28-17(15(25)13(16)23)26-8-4-2-1-3-5-8/h1-5,9-25H,6-7H2/t9-,10-,11+,12+,13-,14-,15-,16+,17-,18-/m1/s1. The molecule has 29 heavy (non-hydrogen) atoms. The number of aliphatic hydroxyl groups excluding tert-OH is 7. The first-order valence-electron chi connectivity index (χ1n) is 9.17. The quantitative estimate of drug-likeness (QED) is 0.246. The number of hydrogen-bond donors (Lipinski definition) is 7. The molecule has 0 bridgehead atoms. The van der Waals surface area contributed by atoms with E-state index in [1.54, 1.807) is 30.3 Å². The van der Waals surface area contributed by atoms with Crippen LogP contribution in [-0.4, -0.2) is 110 Å². The van der Waals surface area contributed by atoms with Crippen molar-refractivity contribution in [2.45, 2.75) is 61.4 Å². The van der Waals surface area contributed by atoms with Crippen molar-refractivity contribution in [2.24, 2.45) is 0 Å². The Morgan fingerprint density at radius 1 is 0.690 bits per heavy atom. The summed E-state index contributed by atoms with van der Waals surface area (Å²) in [5, 5.41) is 69.6. The number of rotatable bonds is 6. The molecule has 11 heteroatoms. The van der Waals surface area contributed by atoms with Crippen LogP contribution in [0.3, 0.4) is 0 Å². The zero-order valence-corrected chi connectivity index (χ0v) is 15.3. The summed E-state index contributed by atoms with van der Waals surface area (Å²) < 4.78 is 21.7. The highest BCUT2D eigenvalue weighted by Gasteiger charge is 2.51. The number of hydrogen-bond acceptors (Lipinski definition) is 11. The van der Waals surface area contributed by atoms with Crippen LogP contribution >= 0.6 is 0 Å². The Balaban J connectivity index is 1.71. The van der Waals surface area contributed by atoms with Crippen LogP contribution in [0.5, 0.6) is 5.75 Å². The highest BCUT2D eigenvalue weighted by atomic mass is 16.7. The summed E-state index contributed by atoms with van der Waals surface area (Å²) in [7, 11) is 0. The molecule has 0 unspecified atom stereocenters. The second kappa shape index (κ2) is 9.62. The maximum atomic E-state index is 10.5. The summed E-state index contributed by atoms with van der Waals surface area (Å²) in [5.74, 6) is 0.369. The molecule has 2 heterocycles. The molecular weight excluding hydrogens is 392 g/mol. The van der Waals surface area contributed by atoms with E-state index in [1.165, 1.54) is 0 Å². The van der Waals surface area contributed by atoms with E-state index in [0.29, 0.717) is 5.75 Å². The number of aliphatic hydroxyl groups is 7. The van der Waals surface area contributed by atoms with Gasteiger partial charge in [-0.1, -0.05) is 18.2 Å². The van der Waals surface area contributed by atoms with Crippen LogP contribution in [0.4, 0.5) is 0 Å². The van der Waals surface area contributed by atoms with Gasteiger partial charge in [-0.2, -0.15) is 0 Å². The van der Waals surface area contributed by atoms with Crippen LogP contribution in [0.25, 0.3) is 0 Å². The molecule has 7 N–H and O–H groups in total. The van der Waals surface area contributed by atoms with Crippen molar-refractivity contribution in [3.05, 3.63) is 30.3 Å². The lowest BCUT2D eigenvalue weighted by atomic mass is 9.97. The van der Waals surface area contributed by atoms with E-state index in [-0.39, 0.29) is 0 Å². The molecule has 2 aliphatic heterocycles. The monoisotopic (exact) mass is 418 g/mol. The molecule has 1 aromatic rings. The Kier molecular flexibility index (Phi) is 7.40. The second-order valence-electron chi connectivity index (χ2n) is 6.94. The fourth-order valence-corrected chi connectivity index (χ4v) is 3.29. The number of para-hydroxylation sites is 1. The molecule has 2 aliphatic rings. The maximum absolute atomic E-state index is 10.5. The van der Waals surface area contributed by atoms with Gasteiger partial charge in [-0.05, 0) is 12.1 Å². The molecule has 0 saturated carbocycles. The van der Waals surface area contributed by atoms with E-state index >= 15 is 0 Å². The van der Waals surface area contributed by atoms with Gasteiger partial charge >= 0.3 is 0 Å². The average molecular weight is 418 g/mol. The topological polar surface area (TPSA) is 179 Å². The van der Waals surface area contributed by atoms with Gasteiger partial charge < -0.3 is 54.7 Å². The normalized spacial score (nSPS) is 43.1. The second-order valence-corrected chi connectivity index (χ2v) is 6.94. The van der Waals surface area contributed by atoms with Crippen LogP contribution < -0.4 is 4.74 Å². The molecule has 0 amide bonds. The largest absolute Gasteiger partial charge is 0.462 e. The lowest BCUT2D eigenvalue weighted by Crippen LogP contribution is -2.65. The van der Waals surface area contributed by atoms with Crippen molar-refractivity contribution >= 4 is 0 Å². The molecule has 0 aliphatic carbocycles. The lowest BCUT2D eigenvalue weighted by molar-refractivity contribution is -0.352. The molecule has 10 atom stereocenters. The smallest absolute Gasteiger partial charge is 0.229 e. The van der Waals surface area contributed by atoms with Gasteiger partial charge in [0.15, 0.2) is 6.29 Å². The van der Waals surface area contributed by atoms with E-state index in [1.807, 2.05) is 0 Å². The molecule has 164 valence electrons. The summed E-state index contributed by atoms with van der Waals surface area (Å²) in [6.07, 6.45) is -14.8. The molecule has 2 saturated heterocycles. The van der Waals surface area contributed by atoms with Gasteiger partial charge in [0, 0.05) is 0 Å². The van der Waals surface area contributed by atoms with Crippen LogP contribution in [0, 0.1) is 0 Å². The third kappa shape index (κ3) is 4.70. The maximum Gasteiger partial charge on any atom is 0.229 e. The zero-order valence-electron chi connectivity index (χ0n) is 15.3. The highest BCUT2D eigenvalue weighted by Crippen LogP contribution is 2.30. The van der Waals surface area contributed by atoms with Gasteiger partial charge in [0.1, 0.15) is 54.6 Å². The van der Waals surface area contributed by atoms with Crippen molar-refractivity contribution in [1.82, 2.24) is 0 Å². The molecule has 0 spiro atoms. The minimum absolute atomic E-state index is 0.369. The SMILES string of the molecule is OC[C@H]1O[C@H](O[C@@H]2[C@H](O)[C@@H](O)[C@H](Oc3ccccc3)O[C@@H]2CO)[C@H](O)[C@@H](O)[C@H]1O. The summed E-state index contributed by atoms with van der Waals surface area (Å²) in [4.78, 5) is 0. The fraction of sp³-hybridized carbons (Fsp3) is 0.667. The van der Waals surface area contributed by atoms with Crippen molar-refractivity contribution in [2.75, 3.05) is 13.2 Å². The average Bonchev–Trinajstić information content (AvgIpc) is 2.74. The van der Waals surface area contributed by atoms with E-state index < -0.39 is 74.6 Å². The van der Waals surface area contributed by atoms with Gasteiger partial charge in [0.2, 0.25) is 6.29 Å². The van der Waals surface area contributed by atoms with Crippen LogP contribution in [0.15, 0.2) is 30.3 Å². The van der Waals surface area contributed by atoms with E-state index in [9.17, 15) is 35.7 Å². The number of benzene rings is 1. The summed E-state index contributed by atoms with van der Waals surface area (Å²) >= 11 is 0. The first-order chi connectivity index (χ1) is 13.9. The van der Waals surface area contributed by atoms with E-state index in [0.717, 1.165) is 0 Å². The Labute approximate surface area is 166 Å². The predicted octanol–water partition coefficient (Wildman–Crippen LogP) is -3.31. The zero-order chi connectivity index (χ0) is 21.1. The van der Waals surface area contributed by atoms with Crippen molar-refractivity contribution in [3.63, 3.8) is 0 Å². The third-order valence-corrected chi connectivity index (χ3v) is 4.96. The molecule has 0 radical (unpaired) electrons. The van der Waals surface area contributed by atoms with Crippen LogP contribution in [0.2, 0.25) is 0 Å². The first kappa shape index (κ1) is 22.3. The molecule has 0 aromatic heterocycles. The van der Waals surface area contributed by atoms with Crippen molar-refractivity contribution in [1.29, 1.82) is 0 Å². The summed E-state index contributed by atoms with van der Waals surface area (Å²) in [5.41, 5.74) is 0. The molecular formula is C18H26O11. The van der Waals surface area contributed by atoms with Gasteiger partial charge in [-0.3, -0.25) is 0 Å². The Morgan fingerprint density at radius 3 is 1.90 bits per heavy atom. The van der Waals surface area contributed by atoms with E-state index in [2.05, 4.69) is 0 Å². The van der Waals surface area contributed by atoms with Crippen LogP contribution in [0.1, 0.15) is 0 Å². The first-order valence-corrected chi connectivity index (χ1v) is 9.17. The molecule has 1 aromatic carbocycles. The van der Waals surface area contributed by atoms with Gasteiger partial charge in [-0.25, -0.2) is 0 Å². The Morgan fingerprint density at radius 2 is 1.28 bits per heavy atom. The predicted molar refractivity (Wildman–Crippen MR) is 93.5 cm³/mol. The summed E-state index contributed by atoms with van der Waals surface area (Å²) in [6, 6.07) is 8.41. The Hall–Kier alpha value is -1.38. The van der Waals surface area contributed by atoms with Crippen molar-refractivity contribution < 1.29 is 54.7 Å². The molecule has 3 rings (SSSR count). The van der Waals surface area contributed by atoms with Crippen molar-refractivity contribution in [3.8, 4) is 5.75 Å². The van der Waals surface area contributed by atoms with E-state index in [4.69, 9.17) is 18.9 Å². The number of ether oxygens (including phenoxy) is 4. The fourth-order valence-electron chi connectivity index (χ4n) is 3.29. The van der Waals surface area contributed by atoms with Gasteiger partial charge in [0.25, 0.3) is 0 Å².